The average molecular weight is 914 g/mol. The van der Waals surface area contributed by atoms with Crippen molar-refractivity contribution in [3.05, 3.63) is 109 Å². The summed E-state index contributed by atoms with van der Waals surface area (Å²) in [5.41, 5.74) is 5.34. The van der Waals surface area contributed by atoms with E-state index in [4.69, 9.17) is 24.8 Å². The van der Waals surface area contributed by atoms with Gasteiger partial charge in [0.15, 0.2) is 6.10 Å². The van der Waals surface area contributed by atoms with Gasteiger partial charge in [0.25, 0.3) is 0 Å². The van der Waals surface area contributed by atoms with Crippen molar-refractivity contribution in [1.82, 2.24) is 0 Å². The number of hydrogen-bond donors (Lipinski definition) is 3. The number of phosphoric acid groups is 1. The normalized spacial score (nSPS) is 14.6. The minimum absolute atomic E-state index is 0.0756. The van der Waals surface area contributed by atoms with Gasteiger partial charge in [-0.2, -0.15) is 0 Å². The molecule has 0 aromatic carbocycles. The third kappa shape index (κ3) is 44.7. The van der Waals surface area contributed by atoms with E-state index in [0.717, 1.165) is 83.5 Å². The van der Waals surface area contributed by atoms with Crippen LogP contribution in [0.2, 0.25) is 0 Å². The summed E-state index contributed by atoms with van der Waals surface area (Å²) in [4.78, 5) is 46.1. The molecule has 0 saturated carbocycles. The van der Waals surface area contributed by atoms with Crippen molar-refractivity contribution in [2.24, 2.45) is 5.73 Å². The van der Waals surface area contributed by atoms with E-state index in [2.05, 4.69) is 116 Å². The van der Waals surface area contributed by atoms with Gasteiger partial charge in [0.1, 0.15) is 12.6 Å². The van der Waals surface area contributed by atoms with Crippen LogP contribution in [0.3, 0.4) is 0 Å². The molecule has 64 heavy (non-hydrogen) atoms. The molecule has 0 aliphatic heterocycles. The summed E-state index contributed by atoms with van der Waals surface area (Å²) in [7, 11) is -4.74. The van der Waals surface area contributed by atoms with E-state index in [1.54, 1.807) is 0 Å². The third-order valence-electron chi connectivity index (χ3n) is 9.52. The highest BCUT2D eigenvalue weighted by atomic mass is 31.2. The van der Waals surface area contributed by atoms with Crippen molar-refractivity contribution in [2.75, 3.05) is 19.8 Å². The molecular formula is C52H84NO10P. The molecular weight excluding hydrogens is 830 g/mol. The Labute approximate surface area is 387 Å². The smallest absolute Gasteiger partial charge is 0.472 e. The fourth-order valence-corrected chi connectivity index (χ4v) is 6.63. The van der Waals surface area contributed by atoms with Crippen LogP contribution in [-0.2, 0) is 37.5 Å². The number of unbranched alkanes of at least 4 members (excludes halogenated alkanes) is 11. The Morgan fingerprint density at radius 2 is 0.844 bits per heavy atom. The fraction of sp³-hybridized carbons (Fsp3) is 0.596. The number of carbonyl (C=O) groups excluding carboxylic acids is 2. The first kappa shape index (κ1) is 60.1. The number of aliphatic carboxylic acids is 1. The van der Waals surface area contributed by atoms with E-state index >= 15 is 0 Å². The second-order valence-corrected chi connectivity index (χ2v) is 16.9. The van der Waals surface area contributed by atoms with Crippen LogP contribution < -0.4 is 5.73 Å². The lowest BCUT2D eigenvalue weighted by Gasteiger charge is -2.20. The lowest BCUT2D eigenvalue weighted by atomic mass is 10.1. The van der Waals surface area contributed by atoms with E-state index in [1.165, 1.54) is 38.5 Å². The van der Waals surface area contributed by atoms with Gasteiger partial charge in [0, 0.05) is 12.8 Å². The minimum atomic E-state index is -4.74. The highest BCUT2D eigenvalue weighted by Crippen LogP contribution is 2.43. The van der Waals surface area contributed by atoms with E-state index in [9.17, 15) is 23.8 Å². The zero-order chi connectivity index (χ0) is 47.0. The molecule has 0 amide bonds. The summed E-state index contributed by atoms with van der Waals surface area (Å²) in [5.74, 6) is -2.47. The number of nitrogens with two attached hydrogens (primary N) is 1. The molecule has 11 nitrogen and oxygen atoms in total. The van der Waals surface area contributed by atoms with Gasteiger partial charge in [-0.25, -0.2) is 4.57 Å². The molecule has 0 radical (unpaired) electrons. The molecule has 0 saturated heterocycles. The van der Waals surface area contributed by atoms with Crippen LogP contribution in [0.25, 0.3) is 0 Å². The summed E-state index contributed by atoms with van der Waals surface area (Å²) in [6.07, 6.45) is 60.2. The topological polar surface area (TPSA) is 172 Å². The zero-order valence-corrected chi connectivity index (χ0v) is 40.2. The first-order chi connectivity index (χ1) is 31.1. The van der Waals surface area contributed by atoms with Gasteiger partial charge in [0.2, 0.25) is 0 Å². The van der Waals surface area contributed by atoms with Gasteiger partial charge in [-0.15, -0.1) is 0 Å². The summed E-state index contributed by atoms with van der Waals surface area (Å²) >= 11 is 0. The molecule has 0 aromatic rings. The van der Waals surface area contributed by atoms with Gasteiger partial charge in [0.05, 0.1) is 13.2 Å². The number of esters is 2. The quantitative estimate of drug-likeness (QED) is 0.0230. The Kier molecular flexibility index (Phi) is 42.9. The molecule has 0 rings (SSSR count). The summed E-state index contributed by atoms with van der Waals surface area (Å²) in [6.45, 7) is 2.51. The lowest BCUT2D eigenvalue weighted by molar-refractivity contribution is -0.161. The number of carboxylic acid groups (broad SMARTS) is 1. The average Bonchev–Trinajstić information content (AvgIpc) is 3.27. The van der Waals surface area contributed by atoms with Crippen molar-refractivity contribution in [3.63, 3.8) is 0 Å². The van der Waals surface area contributed by atoms with Crippen LogP contribution in [0.4, 0.5) is 0 Å². The third-order valence-corrected chi connectivity index (χ3v) is 10.5. The fourth-order valence-electron chi connectivity index (χ4n) is 5.86. The predicted octanol–water partition coefficient (Wildman–Crippen LogP) is 13.4. The number of carbonyl (C=O) groups is 3. The van der Waals surface area contributed by atoms with E-state index in [1.807, 2.05) is 12.2 Å². The highest BCUT2D eigenvalue weighted by molar-refractivity contribution is 7.47. The molecule has 0 spiro atoms. The van der Waals surface area contributed by atoms with Gasteiger partial charge in [-0.3, -0.25) is 23.4 Å². The molecule has 0 heterocycles. The number of phosphoric ester groups is 1. The van der Waals surface area contributed by atoms with Gasteiger partial charge < -0.3 is 25.2 Å². The van der Waals surface area contributed by atoms with Gasteiger partial charge in [-0.05, 0) is 89.9 Å². The van der Waals surface area contributed by atoms with E-state index in [0.29, 0.717) is 19.3 Å². The largest absolute Gasteiger partial charge is 0.480 e. The standard InChI is InChI=1S/C52H84NO10P/c1-3-5-7-9-11-13-15-17-19-21-22-23-24-25-26-28-29-31-33-35-37-39-41-43-50(54)60-45-48(46-61-64(58,59)62-47-49(53)52(56)57)63-51(55)44-42-40-38-36-34-32-30-27-20-18-16-14-12-10-8-6-4-2/h5-8,11-14,17-20,22-23,30,32,36,38,48-49H,3-4,9-10,15-16,21,24-29,31,33-35,37,39-47,53H2,1-2H3,(H,56,57)(H,58,59)/b7-5-,8-6-,13-11-,14-12-,19-17-,20-18-,23-22-,32-30-,38-36-. The molecule has 362 valence electrons. The molecule has 0 aromatic heterocycles. The minimum Gasteiger partial charge on any atom is -0.480 e. The molecule has 3 atom stereocenters. The monoisotopic (exact) mass is 914 g/mol. The van der Waals surface area contributed by atoms with Crippen molar-refractivity contribution >= 4 is 25.7 Å². The Bertz CT molecular complexity index is 1490. The Morgan fingerprint density at radius 1 is 0.484 bits per heavy atom. The first-order valence-corrected chi connectivity index (χ1v) is 25.4. The molecule has 4 N–H and O–H groups in total. The number of rotatable bonds is 43. The zero-order valence-electron chi connectivity index (χ0n) is 39.3. The number of allylic oxidation sites excluding steroid dienone is 18. The Hall–Kier alpha value is -3.86. The van der Waals surface area contributed by atoms with Crippen LogP contribution in [0.5, 0.6) is 0 Å². The SMILES string of the molecule is CC/C=C\C/C=C\C/C=C\C/C=C\C/C=C\CCCC(=O)OC(COC(=O)CCCCCCCCCCCC/C=C\C/C=C\C/C=C\C/C=C\CC)COP(=O)(O)OCC(N)C(=O)O. The second-order valence-electron chi connectivity index (χ2n) is 15.5. The molecule has 3 unspecified atom stereocenters. The second kappa shape index (κ2) is 45.7. The van der Waals surface area contributed by atoms with Crippen molar-refractivity contribution in [1.29, 1.82) is 0 Å². The molecule has 0 aliphatic rings. The van der Waals surface area contributed by atoms with Crippen LogP contribution in [0.15, 0.2) is 109 Å². The summed E-state index contributed by atoms with van der Waals surface area (Å²) < 4.78 is 32.7. The number of ether oxygens (including phenoxy) is 2. The molecule has 0 aliphatic carbocycles. The van der Waals surface area contributed by atoms with Crippen molar-refractivity contribution in [3.8, 4) is 0 Å². The summed E-state index contributed by atoms with van der Waals surface area (Å²) in [6, 6.07) is -1.54. The van der Waals surface area contributed by atoms with Crippen LogP contribution in [0.1, 0.15) is 168 Å². The first-order valence-electron chi connectivity index (χ1n) is 23.9. The predicted molar refractivity (Wildman–Crippen MR) is 263 cm³/mol. The maximum Gasteiger partial charge on any atom is 0.472 e. The molecule has 0 fully saturated rings. The van der Waals surface area contributed by atoms with E-state index in [-0.39, 0.29) is 19.4 Å². The van der Waals surface area contributed by atoms with Crippen LogP contribution in [0, 0.1) is 0 Å². The van der Waals surface area contributed by atoms with Crippen molar-refractivity contribution in [2.45, 2.75) is 180 Å². The van der Waals surface area contributed by atoms with Crippen LogP contribution >= 0.6 is 7.82 Å². The Morgan fingerprint density at radius 3 is 1.28 bits per heavy atom. The maximum atomic E-state index is 12.6. The number of carboxylic acids is 1. The van der Waals surface area contributed by atoms with Gasteiger partial charge >= 0.3 is 25.7 Å². The lowest BCUT2D eigenvalue weighted by Crippen LogP contribution is -2.34. The van der Waals surface area contributed by atoms with Crippen LogP contribution in [-0.4, -0.2) is 59.9 Å². The van der Waals surface area contributed by atoms with Gasteiger partial charge in [-0.1, -0.05) is 175 Å². The Balaban J connectivity index is 4.37. The molecule has 0 bridgehead atoms. The van der Waals surface area contributed by atoms with Crippen molar-refractivity contribution < 1.29 is 47.5 Å². The van der Waals surface area contributed by atoms with E-state index < -0.39 is 51.1 Å². The highest BCUT2D eigenvalue weighted by Gasteiger charge is 2.28. The summed E-state index contributed by atoms with van der Waals surface area (Å²) in [5, 5.41) is 8.91. The number of hydrogen-bond acceptors (Lipinski definition) is 9. The maximum absolute atomic E-state index is 12.6. The molecule has 12 heteroatoms.